The lowest BCUT2D eigenvalue weighted by molar-refractivity contribution is 0.0600. The number of halogens is 1. The van der Waals surface area contributed by atoms with Crippen LogP contribution < -0.4 is 5.56 Å². The molecule has 0 bridgehead atoms. The number of hydrogen-bond donors (Lipinski definition) is 2. The van der Waals surface area contributed by atoms with Crippen molar-refractivity contribution in [1.29, 1.82) is 0 Å². The summed E-state index contributed by atoms with van der Waals surface area (Å²) in [4.78, 5) is 36.3. The van der Waals surface area contributed by atoms with E-state index in [1.807, 2.05) is 0 Å². The van der Waals surface area contributed by atoms with Crippen molar-refractivity contribution in [3.63, 3.8) is 0 Å². The number of aromatic amines is 1. The van der Waals surface area contributed by atoms with Gasteiger partial charge in [-0.15, -0.1) is 0 Å². The van der Waals surface area contributed by atoms with Crippen LogP contribution in [0.5, 0.6) is 0 Å². The number of pyridine rings is 1. The molecule has 0 radical (unpaired) electrons. The molecule has 108 valence electrons. The van der Waals surface area contributed by atoms with Gasteiger partial charge in [0.05, 0.1) is 17.7 Å². The Morgan fingerprint density at radius 2 is 1.86 bits per heavy atom. The number of methoxy groups -OCH3 is 1. The van der Waals surface area contributed by atoms with E-state index >= 15 is 0 Å². The van der Waals surface area contributed by atoms with Gasteiger partial charge in [0, 0.05) is 6.20 Å². The van der Waals surface area contributed by atoms with E-state index in [9.17, 15) is 14.4 Å². The first-order chi connectivity index (χ1) is 9.93. The van der Waals surface area contributed by atoms with Crippen LogP contribution in [0.3, 0.4) is 0 Å². The summed E-state index contributed by atoms with van der Waals surface area (Å²) in [7, 11) is 1.23. The van der Waals surface area contributed by atoms with Crippen molar-refractivity contribution in [2.24, 2.45) is 0 Å². The molecule has 1 aromatic carbocycles. The molecule has 2 aromatic rings. The van der Waals surface area contributed by atoms with Crippen LogP contribution in [-0.2, 0) is 4.74 Å². The Morgan fingerprint density at radius 1 is 1.19 bits per heavy atom. The SMILES string of the molecule is COC(=O)c1cc(-c2c[nH]c(=O)c(C(=O)O)c2)ccc1Cl. The molecule has 0 saturated heterocycles. The number of aromatic nitrogens is 1. The number of aromatic carboxylic acids is 1. The summed E-state index contributed by atoms with van der Waals surface area (Å²) < 4.78 is 4.61. The first-order valence-corrected chi connectivity index (χ1v) is 6.16. The number of benzene rings is 1. The van der Waals surface area contributed by atoms with Crippen LogP contribution >= 0.6 is 11.6 Å². The minimum Gasteiger partial charge on any atom is -0.477 e. The molecular formula is C14H10ClNO5. The van der Waals surface area contributed by atoms with Gasteiger partial charge in [0.25, 0.3) is 5.56 Å². The lowest BCUT2D eigenvalue weighted by atomic mass is 10.0. The maximum absolute atomic E-state index is 11.6. The highest BCUT2D eigenvalue weighted by Crippen LogP contribution is 2.25. The third-order valence-corrected chi connectivity index (χ3v) is 3.17. The van der Waals surface area contributed by atoms with Crippen molar-refractivity contribution in [2.75, 3.05) is 7.11 Å². The second-order valence-corrected chi connectivity index (χ2v) is 4.53. The molecule has 0 unspecified atom stereocenters. The van der Waals surface area contributed by atoms with E-state index in [4.69, 9.17) is 16.7 Å². The van der Waals surface area contributed by atoms with Crippen LogP contribution in [0.4, 0.5) is 0 Å². The molecule has 0 spiro atoms. The lowest BCUT2D eigenvalue weighted by Crippen LogP contribution is -2.16. The second-order valence-electron chi connectivity index (χ2n) is 4.12. The summed E-state index contributed by atoms with van der Waals surface area (Å²) >= 11 is 5.91. The topological polar surface area (TPSA) is 96.5 Å². The standard InChI is InChI=1S/C14H10ClNO5/c1-21-14(20)9-4-7(2-3-11(9)15)8-5-10(13(18)19)12(17)16-6-8/h2-6H,1H3,(H,16,17)(H,18,19). The van der Waals surface area contributed by atoms with Gasteiger partial charge in [-0.3, -0.25) is 4.79 Å². The van der Waals surface area contributed by atoms with E-state index in [0.29, 0.717) is 11.1 Å². The molecule has 6 nitrogen and oxygen atoms in total. The number of nitrogens with one attached hydrogen (secondary N) is 1. The number of hydrogen-bond acceptors (Lipinski definition) is 4. The van der Waals surface area contributed by atoms with Gasteiger partial charge in [-0.1, -0.05) is 17.7 Å². The predicted molar refractivity (Wildman–Crippen MR) is 75.8 cm³/mol. The van der Waals surface area contributed by atoms with Crippen molar-refractivity contribution in [2.45, 2.75) is 0 Å². The summed E-state index contributed by atoms with van der Waals surface area (Å²) in [5, 5.41) is 9.16. The third-order valence-electron chi connectivity index (χ3n) is 2.84. The van der Waals surface area contributed by atoms with Gasteiger partial charge in [-0.25, -0.2) is 9.59 Å². The van der Waals surface area contributed by atoms with Gasteiger partial charge in [-0.05, 0) is 29.3 Å². The first-order valence-electron chi connectivity index (χ1n) is 5.78. The second kappa shape index (κ2) is 5.80. The van der Waals surface area contributed by atoms with Gasteiger partial charge in [0.1, 0.15) is 5.56 Å². The number of carboxylic acid groups (broad SMARTS) is 1. The summed E-state index contributed by atoms with van der Waals surface area (Å²) in [5.74, 6) is -1.94. The minimum atomic E-state index is -1.33. The Bertz CT molecular complexity index is 781. The Hall–Kier alpha value is -2.60. The Kier molecular flexibility index (Phi) is 4.09. The number of carboxylic acids is 1. The highest BCUT2D eigenvalue weighted by Gasteiger charge is 2.14. The first kappa shape index (κ1) is 14.8. The predicted octanol–water partition coefficient (Wildman–Crippen LogP) is 2.18. The van der Waals surface area contributed by atoms with Crippen LogP contribution in [0, 0.1) is 0 Å². The molecule has 2 N–H and O–H groups in total. The van der Waals surface area contributed by atoms with E-state index < -0.39 is 17.5 Å². The number of ether oxygens (including phenoxy) is 1. The molecule has 0 amide bonds. The fourth-order valence-electron chi connectivity index (χ4n) is 1.78. The molecule has 21 heavy (non-hydrogen) atoms. The van der Waals surface area contributed by atoms with Crippen LogP contribution in [0.25, 0.3) is 11.1 Å². The van der Waals surface area contributed by atoms with E-state index in [-0.39, 0.29) is 16.1 Å². The van der Waals surface area contributed by atoms with Gasteiger partial charge in [0.2, 0.25) is 0 Å². The zero-order valence-electron chi connectivity index (χ0n) is 10.8. The number of rotatable bonds is 3. The summed E-state index contributed by atoms with van der Waals surface area (Å²) in [5.41, 5.74) is 0.0302. The fourth-order valence-corrected chi connectivity index (χ4v) is 1.98. The number of esters is 1. The molecule has 0 atom stereocenters. The maximum atomic E-state index is 11.6. The summed E-state index contributed by atoms with van der Waals surface area (Å²) in [6.07, 6.45) is 1.36. The van der Waals surface area contributed by atoms with E-state index in [0.717, 1.165) is 0 Å². The average molecular weight is 308 g/mol. The number of carbonyl (C=O) groups is 2. The monoisotopic (exact) mass is 307 g/mol. The number of carbonyl (C=O) groups excluding carboxylic acids is 1. The Morgan fingerprint density at radius 3 is 2.48 bits per heavy atom. The molecule has 1 heterocycles. The van der Waals surface area contributed by atoms with E-state index in [1.54, 1.807) is 6.07 Å². The average Bonchev–Trinajstić information content (AvgIpc) is 2.47. The Balaban J connectivity index is 2.57. The van der Waals surface area contributed by atoms with Gasteiger partial charge in [0.15, 0.2) is 0 Å². The zero-order valence-corrected chi connectivity index (χ0v) is 11.6. The Labute approximate surface area is 123 Å². The largest absolute Gasteiger partial charge is 0.477 e. The van der Waals surface area contributed by atoms with Crippen molar-refractivity contribution in [3.05, 3.63) is 57.0 Å². The van der Waals surface area contributed by atoms with Crippen molar-refractivity contribution < 1.29 is 19.4 Å². The zero-order chi connectivity index (χ0) is 15.6. The molecule has 0 saturated carbocycles. The van der Waals surface area contributed by atoms with Crippen LogP contribution in [0.1, 0.15) is 20.7 Å². The lowest BCUT2D eigenvalue weighted by Gasteiger charge is -2.07. The van der Waals surface area contributed by atoms with E-state index in [1.165, 1.54) is 31.5 Å². The maximum Gasteiger partial charge on any atom is 0.341 e. The van der Waals surface area contributed by atoms with Gasteiger partial charge >= 0.3 is 11.9 Å². The highest BCUT2D eigenvalue weighted by molar-refractivity contribution is 6.33. The van der Waals surface area contributed by atoms with Crippen molar-refractivity contribution in [1.82, 2.24) is 4.98 Å². The van der Waals surface area contributed by atoms with Crippen molar-refractivity contribution >= 4 is 23.5 Å². The molecule has 7 heteroatoms. The number of H-pyrrole nitrogens is 1. The smallest absolute Gasteiger partial charge is 0.341 e. The normalized spacial score (nSPS) is 10.2. The van der Waals surface area contributed by atoms with Gasteiger partial charge in [-0.2, -0.15) is 0 Å². The molecular weight excluding hydrogens is 298 g/mol. The minimum absolute atomic E-state index is 0.153. The molecule has 2 rings (SSSR count). The fraction of sp³-hybridized carbons (Fsp3) is 0.0714. The molecule has 0 aliphatic carbocycles. The third kappa shape index (κ3) is 2.95. The molecule has 0 aliphatic rings. The van der Waals surface area contributed by atoms with Gasteiger partial charge < -0.3 is 14.8 Å². The highest BCUT2D eigenvalue weighted by atomic mass is 35.5. The quantitative estimate of drug-likeness (QED) is 0.847. The molecule has 0 fully saturated rings. The van der Waals surface area contributed by atoms with Crippen LogP contribution in [0.15, 0.2) is 35.3 Å². The molecule has 1 aromatic heterocycles. The van der Waals surface area contributed by atoms with Crippen LogP contribution in [0.2, 0.25) is 5.02 Å². The van der Waals surface area contributed by atoms with Crippen LogP contribution in [-0.4, -0.2) is 29.1 Å². The van der Waals surface area contributed by atoms with E-state index in [2.05, 4.69) is 9.72 Å². The summed E-state index contributed by atoms with van der Waals surface area (Å²) in [6, 6.07) is 5.79. The van der Waals surface area contributed by atoms with Crippen molar-refractivity contribution in [3.8, 4) is 11.1 Å². The molecule has 0 aliphatic heterocycles. The summed E-state index contributed by atoms with van der Waals surface area (Å²) in [6.45, 7) is 0.